The summed E-state index contributed by atoms with van der Waals surface area (Å²) in [5, 5.41) is 6.81. The minimum atomic E-state index is -3.76. The maximum atomic E-state index is 12.1. The number of aromatic nitrogens is 2. The van der Waals surface area contributed by atoms with Crippen molar-refractivity contribution in [1.82, 2.24) is 10.2 Å². The van der Waals surface area contributed by atoms with E-state index in [2.05, 4.69) is 14.9 Å². The van der Waals surface area contributed by atoms with Crippen LogP contribution in [-0.2, 0) is 10.0 Å². The van der Waals surface area contributed by atoms with Crippen molar-refractivity contribution in [3.8, 4) is 0 Å². The fraction of sp³-hybridized carbons (Fsp3) is 0.100. The highest BCUT2D eigenvalue weighted by Gasteiger charge is 2.18. The first-order chi connectivity index (χ1) is 8.38. The average molecular weight is 287 g/mol. The maximum Gasteiger partial charge on any atom is 0.265 e. The van der Waals surface area contributed by atoms with E-state index >= 15 is 0 Å². The van der Waals surface area contributed by atoms with Gasteiger partial charge in [-0.05, 0) is 25.1 Å². The monoisotopic (exact) mass is 286 g/mol. The molecule has 8 heteroatoms. The molecule has 0 spiro atoms. The van der Waals surface area contributed by atoms with Crippen molar-refractivity contribution in [3.63, 3.8) is 0 Å². The zero-order valence-electron chi connectivity index (χ0n) is 9.44. The van der Waals surface area contributed by atoms with Crippen molar-refractivity contribution >= 4 is 33.1 Å². The molecule has 2 rings (SSSR count). The molecular weight excluding hydrogens is 276 g/mol. The number of aryl methyl sites for hydroxylation is 1. The summed E-state index contributed by atoms with van der Waals surface area (Å²) in [7, 11) is -3.76. The van der Waals surface area contributed by atoms with E-state index in [1.165, 1.54) is 18.2 Å². The second-order valence-electron chi connectivity index (χ2n) is 3.72. The number of nitrogens with one attached hydrogen (secondary N) is 2. The molecular formula is C10H11ClN4O2S. The molecule has 0 radical (unpaired) electrons. The molecule has 0 saturated heterocycles. The number of H-pyrrole nitrogens is 1. The third-order valence-corrected chi connectivity index (χ3v) is 3.87. The number of hydrogen-bond acceptors (Lipinski definition) is 4. The Morgan fingerprint density at radius 3 is 2.67 bits per heavy atom. The van der Waals surface area contributed by atoms with E-state index < -0.39 is 10.0 Å². The van der Waals surface area contributed by atoms with Gasteiger partial charge >= 0.3 is 0 Å². The number of rotatable bonds is 3. The summed E-state index contributed by atoms with van der Waals surface area (Å²) in [5.41, 5.74) is 6.47. The van der Waals surface area contributed by atoms with Crippen LogP contribution >= 0.6 is 11.6 Å². The standard InChI is InChI=1S/C10H11ClN4O2S/c1-6-4-10(14-13-6)15-18(16,17)9-3-2-7(11)5-8(9)12/h2-5H,12H2,1H3,(H2,13,14,15). The van der Waals surface area contributed by atoms with Gasteiger partial charge in [0.2, 0.25) is 0 Å². The van der Waals surface area contributed by atoms with Gasteiger partial charge in [0.1, 0.15) is 4.90 Å². The van der Waals surface area contributed by atoms with Gasteiger partial charge in [-0.25, -0.2) is 8.42 Å². The van der Waals surface area contributed by atoms with Gasteiger partial charge in [-0.1, -0.05) is 11.6 Å². The number of sulfonamides is 1. The molecule has 1 aromatic carbocycles. The highest BCUT2D eigenvalue weighted by molar-refractivity contribution is 7.92. The lowest BCUT2D eigenvalue weighted by Crippen LogP contribution is -2.15. The maximum absolute atomic E-state index is 12.1. The largest absolute Gasteiger partial charge is 0.398 e. The molecule has 0 aliphatic carbocycles. The highest BCUT2D eigenvalue weighted by Crippen LogP contribution is 2.24. The second kappa shape index (κ2) is 4.51. The predicted molar refractivity (Wildman–Crippen MR) is 70.0 cm³/mol. The lowest BCUT2D eigenvalue weighted by Gasteiger charge is -2.08. The first-order valence-corrected chi connectivity index (χ1v) is 6.84. The van der Waals surface area contributed by atoms with E-state index in [9.17, 15) is 8.42 Å². The Kier molecular flexibility index (Phi) is 3.18. The van der Waals surface area contributed by atoms with Crippen molar-refractivity contribution in [2.75, 3.05) is 10.5 Å². The fourth-order valence-corrected chi connectivity index (χ4v) is 2.71. The van der Waals surface area contributed by atoms with Crippen molar-refractivity contribution in [2.24, 2.45) is 0 Å². The number of hydrogen-bond donors (Lipinski definition) is 3. The van der Waals surface area contributed by atoms with Crippen molar-refractivity contribution in [3.05, 3.63) is 35.0 Å². The van der Waals surface area contributed by atoms with Gasteiger partial charge in [0.05, 0.1) is 5.69 Å². The summed E-state index contributed by atoms with van der Waals surface area (Å²) in [4.78, 5) is -0.0347. The first-order valence-electron chi connectivity index (χ1n) is 4.98. The Bertz CT molecular complexity index is 681. The van der Waals surface area contributed by atoms with Crippen LogP contribution in [0.3, 0.4) is 0 Å². The Labute approximate surface area is 109 Å². The predicted octanol–water partition coefficient (Wildman–Crippen LogP) is 1.75. The van der Waals surface area contributed by atoms with Crippen LogP contribution in [0, 0.1) is 6.92 Å². The lowest BCUT2D eigenvalue weighted by molar-refractivity contribution is 0.601. The van der Waals surface area contributed by atoms with Crippen molar-refractivity contribution in [1.29, 1.82) is 0 Å². The zero-order chi connectivity index (χ0) is 13.3. The van der Waals surface area contributed by atoms with Gasteiger partial charge < -0.3 is 5.73 Å². The van der Waals surface area contributed by atoms with Crippen LogP contribution in [0.5, 0.6) is 0 Å². The number of aromatic amines is 1. The van der Waals surface area contributed by atoms with Gasteiger partial charge in [-0.2, -0.15) is 5.10 Å². The molecule has 0 fully saturated rings. The summed E-state index contributed by atoms with van der Waals surface area (Å²) >= 11 is 5.72. The third-order valence-electron chi connectivity index (χ3n) is 2.21. The molecule has 1 aromatic heterocycles. The molecule has 0 bridgehead atoms. The van der Waals surface area contributed by atoms with Crippen LogP contribution in [0.2, 0.25) is 5.02 Å². The topological polar surface area (TPSA) is 101 Å². The fourth-order valence-electron chi connectivity index (χ4n) is 1.43. The number of anilines is 2. The smallest absolute Gasteiger partial charge is 0.265 e. The van der Waals surface area contributed by atoms with Crippen LogP contribution in [0.1, 0.15) is 5.69 Å². The average Bonchev–Trinajstić information content (AvgIpc) is 2.62. The van der Waals surface area contributed by atoms with Gasteiger partial charge in [0.25, 0.3) is 10.0 Å². The normalized spacial score (nSPS) is 11.4. The van der Waals surface area contributed by atoms with E-state index in [1.54, 1.807) is 13.0 Å². The molecule has 18 heavy (non-hydrogen) atoms. The van der Waals surface area contributed by atoms with Gasteiger partial charge in [-0.3, -0.25) is 9.82 Å². The molecule has 0 atom stereocenters. The molecule has 6 nitrogen and oxygen atoms in total. The Hall–Kier alpha value is -1.73. The van der Waals surface area contributed by atoms with Crippen LogP contribution < -0.4 is 10.5 Å². The molecule has 0 aliphatic heterocycles. The molecule has 0 amide bonds. The van der Waals surface area contributed by atoms with Gasteiger partial charge in [0.15, 0.2) is 5.82 Å². The molecule has 2 aromatic rings. The molecule has 1 heterocycles. The van der Waals surface area contributed by atoms with E-state index in [1.807, 2.05) is 0 Å². The highest BCUT2D eigenvalue weighted by atomic mass is 35.5. The number of nitrogens with two attached hydrogens (primary N) is 1. The summed E-state index contributed by atoms with van der Waals surface area (Å²) in [6.45, 7) is 1.77. The lowest BCUT2D eigenvalue weighted by atomic mass is 10.3. The van der Waals surface area contributed by atoms with E-state index in [-0.39, 0.29) is 16.4 Å². The van der Waals surface area contributed by atoms with E-state index in [0.29, 0.717) is 5.02 Å². The van der Waals surface area contributed by atoms with Gasteiger partial charge in [-0.15, -0.1) is 0 Å². The third kappa shape index (κ3) is 2.57. The summed E-state index contributed by atoms with van der Waals surface area (Å²) in [6.07, 6.45) is 0. The van der Waals surface area contributed by atoms with Crippen LogP contribution in [0.25, 0.3) is 0 Å². The number of nitrogen functional groups attached to an aromatic ring is 1. The second-order valence-corrected chi connectivity index (χ2v) is 5.81. The Morgan fingerprint density at radius 1 is 1.39 bits per heavy atom. The quantitative estimate of drug-likeness (QED) is 0.748. The molecule has 0 unspecified atom stereocenters. The number of benzene rings is 1. The Morgan fingerprint density at radius 2 is 2.11 bits per heavy atom. The first kappa shape index (κ1) is 12.7. The molecule has 96 valence electrons. The van der Waals surface area contributed by atoms with Crippen molar-refractivity contribution < 1.29 is 8.42 Å². The minimum Gasteiger partial charge on any atom is -0.398 e. The summed E-state index contributed by atoms with van der Waals surface area (Å²) < 4.78 is 26.4. The van der Waals surface area contributed by atoms with Gasteiger partial charge in [0, 0.05) is 16.8 Å². The van der Waals surface area contributed by atoms with Crippen LogP contribution in [0.15, 0.2) is 29.2 Å². The Balaban J connectivity index is 2.36. The van der Waals surface area contributed by atoms with Crippen LogP contribution in [-0.4, -0.2) is 18.6 Å². The molecule has 4 N–H and O–H groups in total. The van der Waals surface area contributed by atoms with Crippen LogP contribution in [0.4, 0.5) is 11.5 Å². The molecule has 0 saturated carbocycles. The zero-order valence-corrected chi connectivity index (χ0v) is 11.0. The number of nitrogens with zero attached hydrogens (tertiary/aromatic N) is 1. The SMILES string of the molecule is Cc1cc(NS(=O)(=O)c2ccc(Cl)cc2N)n[nH]1. The van der Waals surface area contributed by atoms with E-state index in [4.69, 9.17) is 17.3 Å². The number of halogens is 1. The van der Waals surface area contributed by atoms with Crippen molar-refractivity contribution in [2.45, 2.75) is 11.8 Å². The summed E-state index contributed by atoms with van der Waals surface area (Å²) in [6, 6.07) is 5.76. The summed E-state index contributed by atoms with van der Waals surface area (Å²) in [5.74, 6) is 0.210. The molecule has 0 aliphatic rings. The van der Waals surface area contributed by atoms with E-state index in [0.717, 1.165) is 5.69 Å². The minimum absolute atomic E-state index is 0.0347.